The Morgan fingerprint density at radius 2 is 2.11 bits per heavy atom. The fourth-order valence-electron chi connectivity index (χ4n) is 1.98. The van der Waals surface area contributed by atoms with Gasteiger partial charge in [0.25, 0.3) is 0 Å². The average molecular weight is 357 g/mol. The molecule has 1 atom stereocenters. The van der Waals surface area contributed by atoms with Crippen LogP contribution in [-0.4, -0.2) is 0 Å². The molecule has 0 fully saturated rings. The van der Waals surface area contributed by atoms with E-state index in [0.29, 0.717) is 0 Å². The van der Waals surface area contributed by atoms with Crippen LogP contribution in [0.4, 0.5) is 4.39 Å². The van der Waals surface area contributed by atoms with Crippen molar-refractivity contribution < 1.29 is 4.39 Å². The summed E-state index contributed by atoms with van der Waals surface area (Å²) in [7, 11) is 0. The van der Waals surface area contributed by atoms with Crippen LogP contribution in [0.3, 0.4) is 0 Å². The van der Waals surface area contributed by atoms with E-state index in [1.165, 1.54) is 6.07 Å². The maximum absolute atomic E-state index is 13.2. The minimum atomic E-state index is -0.216. The van der Waals surface area contributed by atoms with E-state index in [2.05, 4.69) is 21.4 Å². The van der Waals surface area contributed by atoms with Crippen LogP contribution in [0.15, 0.2) is 40.2 Å². The largest absolute Gasteiger partial charge is 0.271 e. The molecule has 3 N–H and O–H groups in total. The number of hydrogen-bond acceptors (Lipinski definition) is 4. The molecule has 1 unspecified atom stereocenters. The van der Waals surface area contributed by atoms with Gasteiger partial charge in [-0.05, 0) is 57.0 Å². The lowest BCUT2D eigenvalue weighted by atomic mass is 10.2. The van der Waals surface area contributed by atoms with Gasteiger partial charge in [0.1, 0.15) is 5.82 Å². The van der Waals surface area contributed by atoms with Gasteiger partial charge in [0.15, 0.2) is 0 Å². The Bertz CT molecular complexity index is 722. The van der Waals surface area contributed by atoms with Gasteiger partial charge in [0.2, 0.25) is 0 Å². The number of rotatable bonds is 3. The molecule has 0 amide bonds. The van der Waals surface area contributed by atoms with Crippen LogP contribution < -0.4 is 11.3 Å². The quantitative estimate of drug-likeness (QED) is 0.538. The van der Waals surface area contributed by atoms with Gasteiger partial charge in [0, 0.05) is 18.9 Å². The third-order valence-electron chi connectivity index (χ3n) is 2.86. The summed E-state index contributed by atoms with van der Waals surface area (Å²) in [6.45, 7) is 0. The summed E-state index contributed by atoms with van der Waals surface area (Å²) in [5.74, 6) is 5.47. The second-order valence-electron chi connectivity index (χ2n) is 4.06. The van der Waals surface area contributed by atoms with Crippen molar-refractivity contribution in [3.8, 4) is 0 Å². The third kappa shape index (κ3) is 2.46. The van der Waals surface area contributed by atoms with Crippen LogP contribution in [0.5, 0.6) is 0 Å². The molecule has 3 rings (SSSR count). The number of hydrogen-bond donors (Lipinski definition) is 2. The summed E-state index contributed by atoms with van der Waals surface area (Å²) in [6, 6.07) is 8.74. The second-order valence-corrected chi connectivity index (χ2v) is 6.98. The molecule has 6 heteroatoms. The summed E-state index contributed by atoms with van der Waals surface area (Å²) < 4.78 is 15.3. The predicted octanol–water partition coefficient (Wildman–Crippen LogP) is 4.42. The number of halogens is 2. The first-order valence-electron chi connectivity index (χ1n) is 5.57. The normalized spacial score (nSPS) is 13.0. The summed E-state index contributed by atoms with van der Waals surface area (Å²) >= 11 is 6.78. The Kier molecular flexibility index (Phi) is 3.68. The summed E-state index contributed by atoms with van der Waals surface area (Å²) in [5, 5.41) is 2.92. The van der Waals surface area contributed by atoms with Crippen molar-refractivity contribution in [2.45, 2.75) is 6.04 Å². The van der Waals surface area contributed by atoms with Crippen molar-refractivity contribution in [2.75, 3.05) is 0 Å². The molecule has 0 saturated carbocycles. The predicted molar refractivity (Wildman–Crippen MR) is 83.0 cm³/mol. The van der Waals surface area contributed by atoms with E-state index in [1.807, 2.05) is 17.5 Å². The molecule has 2 nitrogen and oxygen atoms in total. The Hall–Kier alpha value is -0.790. The Morgan fingerprint density at radius 1 is 1.26 bits per heavy atom. The Morgan fingerprint density at radius 3 is 2.79 bits per heavy atom. The lowest BCUT2D eigenvalue weighted by Gasteiger charge is -2.12. The fraction of sp³-hybridized carbons (Fsp3) is 0.0769. The standard InChI is InChI=1S/C13H10BrFN2S2/c14-9-3-4-18-13(9)12(17-16)11-6-7-5-8(15)1-2-10(7)19-11/h1-6,12,17H,16H2. The van der Waals surface area contributed by atoms with E-state index in [4.69, 9.17) is 5.84 Å². The van der Waals surface area contributed by atoms with Gasteiger partial charge in [-0.1, -0.05) is 0 Å². The molecule has 0 radical (unpaired) electrons. The molecule has 2 aromatic heterocycles. The first-order valence-corrected chi connectivity index (χ1v) is 8.06. The summed E-state index contributed by atoms with van der Waals surface area (Å²) in [4.78, 5) is 2.20. The van der Waals surface area contributed by atoms with Gasteiger partial charge in [-0.2, -0.15) is 0 Å². The van der Waals surface area contributed by atoms with Crippen LogP contribution >= 0.6 is 38.6 Å². The fourth-order valence-corrected chi connectivity index (χ4v) is 4.84. The zero-order valence-electron chi connectivity index (χ0n) is 9.69. The molecule has 1 aromatic carbocycles. The lowest BCUT2D eigenvalue weighted by Crippen LogP contribution is -2.27. The van der Waals surface area contributed by atoms with E-state index in [9.17, 15) is 4.39 Å². The van der Waals surface area contributed by atoms with Crippen molar-refractivity contribution >= 4 is 48.7 Å². The van der Waals surface area contributed by atoms with Crippen molar-refractivity contribution in [1.82, 2.24) is 5.43 Å². The minimum Gasteiger partial charge on any atom is -0.271 e. The maximum Gasteiger partial charge on any atom is 0.123 e. The molecule has 0 aliphatic carbocycles. The van der Waals surface area contributed by atoms with Crippen LogP contribution in [0, 0.1) is 5.82 Å². The molecule has 19 heavy (non-hydrogen) atoms. The molecule has 98 valence electrons. The molecule has 3 aromatic rings. The summed E-state index contributed by atoms with van der Waals surface area (Å²) in [6.07, 6.45) is 0. The van der Waals surface area contributed by atoms with Crippen LogP contribution in [0.25, 0.3) is 10.1 Å². The van der Waals surface area contributed by atoms with E-state index < -0.39 is 0 Å². The lowest BCUT2D eigenvalue weighted by molar-refractivity contribution is 0.630. The SMILES string of the molecule is NNC(c1cc2cc(F)ccc2s1)c1sccc1Br. The number of fused-ring (bicyclic) bond motifs is 1. The monoisotopic (exact) mass is 356 g/mol. The number of benzene rings is 1. The van der Waals surface area contributed by atoms with Gasteiger partial charge >= 0.3 is 0 Å². The number of nitrogens with one attached hydrogen (secondary N) is 1. The number of hydrazine groups is 1. The third-order valence-corrected chi connectivity index (χ3v) is 5.97. The molecule has 0 bridgehead atoms. The molecule has 2 heterocycles. The van der Waals surface area contributed by atoms with Gasteiger partial charge < -0.3 is 0 Å². The topological polar surface area (TPSA) is 38.0 Å². The van der Waals surface area contributed by atoms with Gasteiger partial charge in [-0.25, -0.2) is 9.82 Å². The van der Waals surface area contributed by atoms with Crippen LogP contribution in [0.1, 0.15) is 15.8 Å². The number of thiophene rings is 2. The maximum atomic E-state index is 13.2. The second kappa shape index (κ2) is 5.30. The van der Waals surface area contributed by atoms with E-state index in [-0.39, 0.29) is 11.9 Å². The van der Waals surface area contributed by atoms with Crippen molar-refractivity contribution in [2.24, 2.45) is 5.84 Å². The molecular formula is C13H10BrFN2S2. The molecule has 0 aliphatic rings. The first-order chi connectivity index (χ1) is 9.19. The van der Waals surface area contributed by atoms with Crippen molar-refractivity contribution in [1.29, 1.82) is 0 Å². The zero-order valence-corrected chi connectivity index (χ0v) is 12.9. The number of nitrogens with two attached hydrogens (primary N) is 1. The van der Waals surface area contributed by atoms with Gasteiger partial charge in [-0.15, -0.1) is 22.7 Å². The minimum absolute atomic E-state index is 0.0742. The zero-order chi connectivity index (χ0) is 13.4. The molecule has 0 spiro atoms. The van der Waals surface area contributed by atoms with E-state index in [0.717, 1.165) is 24.3 Å². The highest BCUT2D eigenvalue weighted by Gasteiger charge is 2.19. The average Bonchev–Trinajstić information content (AvgIpc) is 2.97. The Labute approximate surface area is 126 Å². The molecule has 0 saturated heterocycles. The van der Waals surface area contributed by atoms with Gasteiger partial charge in [-0.3, -0.25) is 5.84 Å². The van der Waals surface area contributed by atoms with E-state index in [1.54, 1.807) is 34.8 Å². The molecular weight excluding hydrogens is 347 g/mol. The highest BCUT2D eigenvalue weighted by atomic mass is 79.9. The van der Waals surface area contributed by atoms with Crippen molar-refractivity contribution in [3.63, 3.8) is 0 Å². The highest BCUT2D eigenvalue weighted by Crippen LogP contribution is 2.37. The first kappa shape index (κ1) is 13.2. The summed E-state index contributed by atoms with van der Waals surface area (Å²) in [5.41, 5.74) is 2.83. The van der Waals surface area contributed by atoms with Crippen LogP contribution in [-0.2, 0) is 0 Å². The smallest absolute Gasteiger partial charge is 0.123 e. The highest BCUT2D eigenvalue weighted by molar-refractivity contribution is 9.10. The Balaban J connectivity index is 2.09. The molecule has 0 aliphatic heterocycles. The van der Waals surface area contributed by atoms with Crippen LogP contribution in [0.2, 0.25) is 0 Å². The van der Waals surface area contributed by atoms with Gasteiger partial charge in [0.05, 0.1) is 6.04 Å². The van der Waals surface area contributed by atoms with Crippen molar-refractivity contribution in [3.05, 3.63) is 55.8 Å². The van der Waals surface area contributed by atoms with E-state index >= 15 is 0 Å².